The van der Waals surface area contributed by atoms with Crippen LogP contribution in [0.2, 0.25) is 5.02 Å². The first-order chi connectivity index (χ1) is 9.08. The molecule has 2 N–H and O–H groups in total. The molecule has 1 aliphatic carbocycles. The van der Waals surface area contributed by atoms with Crippen molar-refractivity contribution in [2.24, 2.45) is 5.73 Å². The highest BCUT2D eigenvalue weighted by molar-refractivity contribution is 6.31. The van der Waals surface area contributed by atoms with E-state index in [4.69, 9.17) is 17.3 Å². The van der Waals surface area contributed by atoms with E-state index in [1.807, 2.05) is 18.2 Å². The summed E-state index contributed by atoms with van der Waals surface area (Å²) in [5.41, 5.74) is 8.13. The van der Waals surface area contributed by atoms with E-state index in [2.05, 4.69) is 12.1 Å². The summed E-state index contributed by atoms with van der Waals surface area (Å²) < 4.78 is 13.1. The van der Waals surface area contributed by atoms with Gasteiger partial charge in [0.2, 0.25) is 0 Å². The minimum Gasteiger partial charge on any atom is -0.321 e. The zero-order valence-corrected chi connectivity index (χ0v) is 11.2. The Morgan fingerprint density at radius 2 is 1.79 bits per heavy atom. The van der Waals surface area contributed by atoms with Gasteiger partial charge in [-0.1, -0.05) is 48.0 Å². The first-order valence-corrected chi connectivity index (χ1v) is 6.76. The molecule has 0 amide bonds. The molecule has 0 saturated heterocycles. The van der Waals surface area contributed by atoms with E-state index in [-0.39, 0.29) is 5.82 Å². The number of benzene rings is 2. The zero-order chi connectivity index (χ0) is 13.5. The molecule has 1 fully saturated rings. The van der Waals surface area contributed by atoms with Crippen molar-refractivity contribution in [2.45, 2.75) is 24.3 Å². The van der Waals surface area contributed by atoms with Gasteiger partial charge in [0.15, 0.2) is 0 Å². The number of halogens is 2. The van der Waals surface area contributed by atoms with Crippen molar-refractivity contribution >= 4 is 11.6 Å². The fourth-order valence-corrected chi connectivity index (χ4v) is 3.25. The lowest BCUT2D eigenvalue weighted by atomic mass is 9.63. The van der Waals surface area contributed by atoms with Crippen LogP contribution in [0.3, 0.4) is 0 Å². The second kappa shape index (κ2) is 4.62. The average Bonchev–Trinajstić information content (AvgIpc) is 2.36. The molecule has 0 atom stereocenters. The normalized spacial score (nSPS) is 25.9. The predicted octanol–water partition coefficient (Wildman–Crippen LogP) is 4.21. The van der Waals surface area contributed by atoms with Crippen molar-refractivity contribution in [1.29, 1.82) is 0 Å². The van der Waals surface area contributed by atoms with E-state index in [1.165, 1.54) is 17.7 Å². The smallest absolute Gasteiger partial charge is 0.124 e. The molecule has 0 heterocycles. The highest BCUT2D eigenvalue weighted by atomic mass is 35.5. The largest absolute Gasteiger partial charge is 0.321 e. The van der Waals surface area contributed by atoms with Crippen LogP contribution < -0.4 is 5.73 Å². The fraction of sp³-hybridized carbons (Fsp3) is 0.250. The van der Waals surface area contributed by atoms with Gasteiger partial charge in [-0.05, 0) is 42.0 Å². The third-order valence-electron chi connectivity index (χ3n) is 3.96. The average molecular weight is 276 g/mol. The van der Waals surface area contributed by atoms with E-state index in [0.717, 1.165) is 18.4 Å². The van der Waals surface area contributed by atoms with Gasteiger partial charge in [0.25, 0.3) is 0 Å². The Morgan fingerprint density at radius 3 is 2.42 bits per heavy atom. The van der Waals surface area contributed by atoms with Crippen molar-refractivity contribution in [3.8, 4) is 0 Å². The molecule has 0 unspecified atom stereocenters. The first-order valence-electron chi connectivity index (χ1n) is 6.38. The van der Waals surface area contributed by atoms with Crippen molar-refractivity contribution < 1.29 is 4.39 Å². The van der Waals surface area contributed by atoms with Crippen LogP contribution >= 0.6 is 11.6 Å². The SMILES string of the molecule is NC1(c2ccc(F)cc2Cl)CC(c2ccccc2)C1. The Bertz CT molecular complexity index is 591. The number of hydrogen-bond donors (Lipinski definition) is 1. The lowest BCUT2D eigenvalue weighted by Gasteiger charge is -2.46. The summed E-state index contributed by atoms with van der Waals surface area (Å²) in [4.78, 5) is 0. The van der Waals surface area contributed by atoms with E-state index >= 15 is 0 Å². The van der Waals surface area contributed by atoms with Gasteiger partial charge in [0.05, 0.1) is 0 Å². The van der Waals surface area contributed by atoms with Crippen LogP contribution in [-0.2, 0) is 5.54 Å². The van der Waals surface area contributed by atoms with Gasteiger partial charge in [-0.15, -0.1) is 0 Å². The van der Waals surface area contributed by atoms with Crippen LogP contribution in [0, 0.1) is 5.82 Å². The number of rotatable bonds is 2. The summed E-state index contributed by atoms with van der Waals surface area (Å²) in [7, 11) is 0. The molecular weight excluding hydrogens is 261 g/mol. The maximum Gasteiger partial charge on any atom is 0.124 e. The number of hydrogen-bond acceptors (Lipinski definition) is 1. The molecule has 2 aromatic carbocycles. The van der Waals surface area contributed by atoms with Crippen LogP contribution in [0.5, 0.6) is 0 Å². The van der Waals surface area contributed by atoms with Crippen molar-refractivity contribution in [3.63, 3.8) is 0 Å². The highest BCUT2D eigenvalue weighted by Crippen LogP contribution is 2.50. The van der Waals surface area contributed by atoms with Crippen molar-refractivity contribution in [3.05, 3.63) is 70.5 Å². The third-order valence-corrected chi connectivity index (χ3v) is 4.27. The fourth-order valence-electron chi connectivity index (χ4n) is 2.89. The van der Waals surface area contributed by atoms with Crippen LogP contribution in [0.4, 0.5) is 4.39 Å². The Morgan fingerprint density at radius 1 is 1.11 bits per heavy atom. The summed E-state index contributed by atoms with van der Waals surface area (Å²) in [5.74, 6) is 0.142. The summed E-state index contributed by atoms with van der Waals surface area (Å²) in [5, 5.41) is 0.425. The molecule has 0 aromatic heterocycles. The summed E-state index contributed by atoms with van der Waals surface area (Å²) >= 11 is 6.10. The zero-order valence-electron chi connectivity index (χ0n) is 10.4. The van der Waals surface area contributed by atoms with Crippen LogP contribution in [0.15, 0.2) is 48.5 Å². The Balaban J connectivity index is 1.81. The van der Waals surface area contributed by atoms with Crippen molar-refractivity contribution in [1.82, 2.24) is 0 Å². The van der Waals surface area contributed by atoms with E-state index < -0.39 is 5.54 Å². The second-order valence-corrected chi connectivity index (χ2v) is 5.70. The standard InChI is InChI=1S/C16H15ClFN/c17-15-8-13(18)6-7-14(15)16(19)9-12(10-16)11-4-2-1-3-5-11/h1-8,12H,9-10,19H2. The van der Waals surface area contributed by atoms with E-state index in [9.17, 15) is 4.39 Å². The lowest BCUT2D eigenvalue weighted by Crippen LogP contribution is -2.48. The monoisotopic (exact) mass is 275 g/mol. The molecule has 2 aromatic rings. The maximum atomic E-state index is 13.1. The molecule has 1 nitrogen and oxygen atoms in total. The summed E-state index contributed by atoms with van der Waals surface area (Å²) in [6, 6.07) is 14.8. The van der Waals surface area contributed by atoms with Gasteiger partial charge >= 0.3 is 0 Å². The summed E-state index contributed by atoms with van der Waals surface area (Å²) in [6.07, 6.45) is 1.70. The lowest BCUT2D eigenvalue weighted by molar-refractivity contribution is 0.209. The molecule has 1 saturated carbocycles. The molecule has 1 aliphatic rings. The van der Waals surface area contributed by atoms with Gasteiger partial charge < -0.3 is 5.73 Å². The molecule has 0 bridgehead atoms. The summed E-state index contributed by atoms with van der Waals surface area (Å²) in [6.45, 7) is 0. The van der Waals surface area contributed by atoms with Crippen LogP contribution in [0.25, 0.3) is 0 Å². The molecule has 0 aliphatic heterocycles. The van der Waals surface area contributed by atoms with Gasteiger partial charge in [0, 0.05) is 10.6 Å². The quantitative estimate of drug-likeness (QED) is 0.873. The topological polar surface area (TPSA) is 26.0 Å². The molecule has 0 radical (unpaired) electrons. The van der Waals surface area contributed by atoms with E-state index in [1.54, 1.807) is 6.07 Å². The Labute approximate surface area is 117 Å². The molecule has 98 valence electrons. The first kappa shape index (κ1) is 12.6. The molecular formula is C16H15ClFN. The molecule has 3 heteroatoms. The molecule has 0 spiro atoms. The number of nitrogens with two attached hydrogens (primary N) is 1. The maximum absolute atomic E-state index is 13.1. The van der Waals surface area contributed by atoms with Crippen molar-refractivity contribution in [2.75, 3.05) is 0 Å². The molecule has 19 heavy (non-hydrogen) atoms. The Kier molecular flexibility index (Phi) is 3.08. The highest BCUT2D eigenvalue weighted by Gasteiger charge is 2.43. The van der Waals surface area contributed by atoms with Gasteiger partial charge in [-0.3, -0.25) is 0 Å². The third kappa shape index (κ3) is 2.26. The second-order valence-electron chi connectivity index (χ2n) is 5.30. The van der Waals surface area contributed by atoms with Crippen LogP contribution in [0.1, 0.15) is 29.9 Å². The predicted molar refractivity (Wildman–Crippen MR) is 75.7 cm³/mol. The van der Waals surface area contributed by atoms with Gasteiger partial charge in [-0.2, -0.15) is 0 Å². The van der Waals surface area contributed by atoms with Gasteiger partial charge in [-0.25, -0.2) is 4.39 Å². The van der Waals surface area contributed by atoms with Gasteiger partial charge in [0.1, 0.15) is 5.82 Å². The van der Waals surface area contributed by atoms with E-state index in [0.29, 0.717) is 10.9 Å². The van der Waals surface area contributed by atoms with Crippen LogP contribution in [-0.4, -0.2) is 0 Å². The Hall–Kier alpha value is -1.38. The minimum atomic E-state index is -0.425. The minimum absolute atomic E-state index is 0.323. The molecule has 3 rings (SSSR count).